The fourth-order valence-corrected chi connectivity index (χ4v) is 3.66. The molecule has 1 aliphatic rings. The summed E-state index contributed by atoms with van der Waals surface area (Å²) in [6, 6.07) is 15.1. The van der Waals surface area contributed by atoms with E-state index in [2.05, 4.69) is 15.8 Å². The van der Waals surface area contributed by atoms with E-state index in [0.29, 0.717) is 6.54 Å². The van der Waals surface area contributed by atoms with Crippen molar-refractivity contribution in [2.45, 2.75) is 13.1 Å². The molecular formula is C18H22FN3S. The van der Waals surface area contributed by atoms with Gasteiger partial charge >= 0.3 is 0 Å². The molecule has 0 radical (unpaired) electrons. The predicted molar refractivity (Wildman–Crippen MR) is 95.9 cm³/mol. The second kappa shape index (κ2) is 8.34. The molecule has 122 valence electrons. The van der Waals surface area contributed by atoms with Gasteiger partial charge in [0.25, 0.3) is 0 Å². The molecule has 23 heavy (non-hydrogen) atoms. The molecule has 0 aromatic heterocycles. The zero-order valence-corrected chi connectivity index (χ0v) is 13.9. The van der Waals surface area contributed by atoms with E-state index in [1.165, 1.54) is 17.6 Å². The van der Waals surface area contributed by atoms with Gasteiger partial charge in [0.05, 0.1) is 0 Å². The summed E-state index contributed by atoms with van der Waals surface area (Å²) in [5, 5.41) is 0. The van der Waals surface area contributed by atoms with Crippen LogP contribution in [0.2, 0.25) is 0 Å². The molecule has 1 aliphatic heterocycles. The van der Waals surface area contributed by atoms with E-state index in [9.17, 15) is 4.39 Å². The quantitative estimate of drug-likeness (QED) is 0.793. The smallest absolute Gasteiger partial charge is 0.123 e. The SMILES string of the molecule is Fc1ccc(CNNc2ccccc2)c(CN2CCSCC2)c1. The second-order valence-electron chi connectivity index (χ2n) is 5.65. The number of thioether (sulfide) groups is 1. The molecule has 2 N–H and O–H groups in total. The maximum Gasteiger partial charge on any atom is 0.123 e. The van der Waals surface area contributed by atoms with Crippen LogP contribution in [0.4, 0.5) is 10.1 Å². The standard InChI is InChI=1S/C18H22FN3S/c19-17-7-6-15(13-20-21-18-4-2-1-3-5-18)16(12-17)14-22-8-10-23-11-9-22/h1-7,12,20-21H,8-11,13-14H2. The maximum absolute atomic E-state index is 13.6. The van der Waals surface area contributed by atoms with Crippen molar-refractivity contribution in [3.05, 3.63) is 65.5 Å². The van der Waals surface area contributed by atoms with Gasteiger partial charge in [-0.3, -0.25) is 4.90 Å². The molecule has 2 aromatic carbocycles. The van der Waals surface area contributed by atoms with Crippen molar-refractivity contribution in [2.75, 3.05) is 30.0 Å². The second-order valence-corrected chi connectivity index (χ2v) is 6.87. The Balaban J connectivity index is 1.61. The Labute approximate surface area is 141 Å². The van der Waals surface area contributed by atoms with Crippen LogP contribution in [-0.2, 0) is 13.1 Å². The molecule has 5 heteroatoms. The van der Waals surface area contributed by atoms with Crippen molar-refractivity contribution < 1.29 is 4.39 Å². The summed E-state index contributed by atoms with van der Waals surface area (Å²) < 4.78 is 13.6. The molecule has 0 spiro atoms. The molecule has 3 rings (SSSR count). The highest BCUT2D eigenvalue weighted by Gasteiger charge is 2.13. The van der Waals surface area contributed by atoms with Crippen LogP contribution in [0.15, 0.2) is 48.5 Å². The molecule has 0 bridgehead atoms. The molecule has 0 unspecified atom stereocenters. The fourth-order valence-electron chi connectivity index (χ4n) is 2.68. The van der Waals surface area contributed by atoms with Crippen LogP contribution in [0.5, 0.6) is 0 Å². The lowest BCUT2D eigenvalue weighted by Crippen LogP contribution is -2.32. The van der Waals surface area contributed by atoms with Crippen LogP contribution >= 0.6 is 11.8 Å². The van der Waals surface area contributed by atoms with Crippen molar-refractivity contribution in [1.29, 1.82) is 0 Å². The first-order valence-corrected chi connectivity index (χ1v) is 9.08. The monoisotopic (exact) mass is 331 g/mol. The highest BCUT2D eigenvalue weighted by atomic mass is 32.2. The summed E-state index contributed by atoms with van der Waals surface area (Å²) in [4.78, 5) is 2.40. The Morgan fingerprint density at radius 2 is 1.78 bits per heavy atom. The van der Waals surface area contributed by atoms with Crippen molar-refractivity contribution >= 4 is 17.4 Å². The van der Waals surface area contributed by atoms with E-state index < -0.39 is 0 Å². The number of nitrogens with one attached hydrogen (secondary N) is 2. The summed E-state index contributed by atoms with van der Waals surface area (Å²) in [6.45, 7) is 3.64. The first-order chi connectivity index (χ1) is 11.3. The summed E-state index contributed by atoms with van der Waals surface area (Å²) >= 11 is 1.99. The van der Waals surface area contributed by atoms with Gasteiger partial charge < -0.3 is 5.43 Å². The third-order valence-corrected chi connectivity index (χ3v) is 4.89. The normalized spacial score (nSPS) is 15.5. The number of anilines is 1. The molecular weight excluding hydrogens is 309 g/mol. The van der Waals surface area contributed by atoms with E-state index >= 15 is 0 Å². The summed E-state index contributed by atoms with van der Waals surface area (Å²) in [6.07, 6.45) is 0. The van der Waals surface area contributed by atoms with Gasteiger partial charge in [-0.2, -0.15) is 11.8 Å². The number of nitrogens with zero attached hydrogens (tertiary/aromatic N) is 1. The van der Waals surface area contributed by atoms with Crippen LogP contribution in [-0.4, -0.2) is 29.5 Å². The molecule has 1 heterocycles. The highest BCUT2D eigenvalue weighted by molar-refractivity contribution is 7.99. The van der Waals surface area contributed by atoms with Crippen molar-refractivity contribution in [2.24, 2.45) is 0 Å². The largest absolute Gasteiger partial charge is 0.321 e. The van der Waals surface area contributed by atoms with Gasteiger partial charge in [-0.25, -0.2) is 9.82 Å². The Morgan fingerprint density at radius 1 is 1.00 bits per heavy atom. The van der Waals surface area contributed by atoms with E-state index in [-0.39, 0.29) is 5.82 Å². The summed E-state index contributed by atoms with van der Waals surface area (Å²) in [5.41, 5.74) is 9.62. The molecule has 0 atom stereocenters. The minimum Gasteiger partial charge on any atom is -0.321 e. The van der Waals surface area contributed by atoms with E-state index in [4.69, 9.17) is 0 Å². The van der Waals surface area contributed by atoms with Crippen LogP contribution in [0.1, 0.15) is 11.1 Å². The Morgan fingerprint density at radius 3 is 2.57 bits per heavy atom. The summed E-state index contributed by atoms with van der Waals surface area (Å²) in [7, 11) is 0. The van der Waals surface area contributed by atoms with E-state index in [1.54, 1.807) is 6.07 Å². The Hall–Kier alpha value is -1.56. The average molecular weight is 331 g/mol. The average Bonchev–Trinajstić information content (AvgIpc) is 2.59. The maximum atomic E-state index is 13.6. The zero-order valence-electron chi connectivity index (χ0n) is 13.1. The topological polar surface area (TPSA) is 27.3 Å². The van der Waals surface area contributed by atoms with Crippen molar-refractivity contribution in [3.8, 4) is 0 Å². The highest BCUT2D eigenvalue weighted by Crippen LogP contribution is 2.17. The van der Waals surface area contributed by atoms with Crippen molar-refractivity contribution in [1.82, 2.24) is 10.3 Å². The van der Waals surface area contributed by atoms with Crippen LogP contribution in [0.3, 0.4) is 0 Å². The number of halogens is 1. The molecule has 0 saturated carbocycles. The molecule has 3 nitrogen and oxygen atoms in total. The summed E-state index contributed by atoms with van der Waals surface area (Å²) in [5.74, 6) is 2.17. The zero-order chi connectivity index (χ0) is 15.9. The van der Waals surface area contributed by atoms with Gasteiger partial charge in [-0.05, 0) is 35.4 Å². The van der Waals surface area contributed by atoms with Gasteiger partial charge in [0.15, 0.2) is 0 Å². The van der Waals surface area contributed by atoms with Gasteiger partial charge in [0.1, 0.15) is 5.82 Å². The van der Waals surface area contributed by atoms with Crippen LogP contribution < -0.4 is 10.9 Å². The Kier molecular flexibility index (Phi) is 5.91. The number of hydrogen-bond donors (Lipinski definition) is 2. The van der Waals surface area contributed by atoms with E-state index in [1.807, 2.05) is 48.2 Å². The predicted octanol–water partition coefficient (Wildman–Crippen LogP) is 3.49. The first kappa shape index (κ1) is 16.3. The van der Waals surface area contributed by atoms with E-state index in [0.717, 1.165) is 36.4 Å². The number of rotatable bonds is 6. The lowest BCUT2D eigenvalue weighted by molar-refractivity contribution is 0.293. The number of para-hydroxylation sites is 1. The third kappa shape index (κ3) is 4.96. The molecule has 0 amide bonds. The molecule has 1 saturated heterocycles. The molecule has 0 aliphatic carbocycles. The lowest BCUT2D eigenvalue weighted by atomic mass is 10.1. The number of hydrogen-bond acceptors (Lipinski definition) is 4. The minimum atomic E-state index is -0.161. The van der Waals surface area contributed by atoms with Crippen LogP contribution in [0.25, 0.3) is 0 Å². The number of benzene rings is 2. The Bertz CT molecular complexity index is 615. The molecule has 2 aromatic rings. The third-order valence-electron chi connectivity index (χ3n) is 3.95. The fraction of sp³-hybridized carbons (Fsp3) is 0.333. The van der Waals surface area contributed by atoms with Gasteiger partial charge in [0, 0.05) is 43.4 Å². The van der Waals surface area contributed by atoms with Gasteiger partial charge in [-0.15, -0.1) is 0 Å². The van der Waals surface area contributed by atoms with Gasteiger partial charge in [-0.1, -0.05) is 24.3 Å². The first-order valence-electron chi connectivity index (χ1n) is 7.92. The van der Waals surface area contributed by atoms with Crippen molar-refractivity contribution in [3.63, 3.8) is 0 Å². The van der Waals surface area contributed by atoms with Crippen LogP contribution in [0, 0.1) is 5.82 Å². The molecule has 1 fully saturated rings. The lowest BCUT2D eigenvalue weighted by Gasteiger charge is -2.27. The van der Waals surface area contributed by atoms with Gasteiger partial charge in [0.2, 0.25) is 0 Å². The number of hydrazine groups is 1. The minimum absolute atomic E-state index is 0.161.